The number of aliphatic carboxylic acids is 1. The van der Waals surface area contributed by atoms with E-state index < -0.39 is 11.9 Å². The monoisotopic (exact) mass is 269 g/mol. The molecule has 0 radical (unpaired) electrons. The van der Waals surface area contributed by atoms with Crippen molar-refractivity contribution >= 4 is 5.97 Å². The molecule has 3 nitrogen and oxygen atoms in total. The second-order valence-corrected chi connectivity index (χ2v) is 5.20. The van der Waals surface area contributed by atoms with Crippen LogP contribution < -0.4 is 0 Å². The first-order valence-corrected chi connectivity index (χ1v) is 6.75. The van der Waals surface area contributed by atoms with Gasteiger partial charge in [-0.15, -0.1) is 0 Å². The summed E-state index contributed by atoms with van der Waals surface area (Å²) in [4.78, 5) is 15.8. The normalized spacial score (nSPS) is 12.1. The largest absolute Gasteiger partial charge is 0.481 e. The highest BCUT2D eigenvalue weighted by atomic mass is 16.4. The molecule has 0 saturated carbocycles. The first kappa shape index (κ1) is 14.3. The number of hydrogen-bond acceptors (Lipinski definition) is 2. The highest BCUT2D eigenvalue weighted by Gasteiger charge is 2.20. The van der Waals surface area contributed by atoms with Crippen molar-refractivity contribution in [1.82, 2.24) is 4.98 Å². The molecule has 0 aliphatic carbocycles. The Kier molecular flexibility index (Phi) is 4.51. The molecule has 1 aromatic heterocycles. The van der Waals surface area contributed by atoms with Crippen LogP contribution in [0.25, 0.3) is 0 Å². The number of benzene rings is 1. The number of carbonyl (C=O) groups is 1. The van der Waals surface area contributed by atoms with Crippen LogP contribution in [0.2, 0.25) is 0 Å². The number of rotatable bonds is 5. The molecule has 1 aromatic carbocycles. The van der Waals surface area contributed by atoms with E-state index in [1.54, 1.807) is 6.20 Å². The molecule has 1 heterocycles. The highest BCUT2D eigenvalue weighted by molar-refractivity contribution is 5.70. The van der Waals surface area contributed by atoms with Gasteiger partial charge in [-0.3, -0.25) is 9.78 Å². The standard InChI is InChI=1S/C17H19NO2/c1-12-5-7-14(8-6-12)10-15(17(19)20)11-16-13(2)4-3-9-18-16/h3-9,15H,10-11H2,1-2H3,(H,19,20). The molecule has 1 unspecified atom stereocenters. The molecular formula is C17H19NO2. The van der Waals surface area contributed by atoms with Gasteiger partial charge in [0, 0.05) is 18.3 Å². The summed E-state index contributed by atoms with van der Waals surface area (Å²) in [6.45, 7) is 3.99. The molecule has 104 valence electrons. The molecule has 1 N–H and O–H groups in total. The minimum atomic E-state index is -0.768. The van der Waals surface area contributed by atoms with Gasteiger partial charge in [0.2, 0.25) is 0 Å². The number of carboxylic acids is 1. The Labute approximate surface area is 119 Å². The summed E-state index contributed by atoms with van der Waals surface area (Å²) < 4.78 is 0. The summed E-state index contributed by atoms with van der Waals surface area (Å²) in [5, 5.41) is 9.41. The third-order valence-electron chi connectivity index (χ3n) is 3.51. The molecule has 0 aliphatic heterocycles. The van der Waals surface area contributed by atoms with Gasteiger partial charge >= 0.3 is 5.97 Å². The van der Waals surface area contributed by atoms with Gasteiger partial charge in [-0.25, -0.2) is 0 Å². The third kappa shape index (κ3) is 3.67. The number of nitrogens with zero attached hydrogens (tertiary/aromatic N) is 1. The average molecular weight is 269 g/mol. The van der Waals surface area contributed by atoms with E-state index in [1.165, 1.54) is 5.56 Å². The molecule has 3 heteroatoms. The van der Waals surface area contributed by atoms with Crippen LogP contribution in [0, 0.1) is 19.8 Å². The first-order chi connectivity index (χ1) is 9.56. The van der Waals surface area contributed by atoms with Crippen LogP contribution in [0.4, 0.5) is 0 Å². The zero-order chi connectivity index (χ0) is 14.5. The number of aromatic nitrogens is 1. The second kappa shape index (κ2) is 6.33. The fourth-order valence-electron chi connectivity index (χ4n) is 2.22. The molecule has 20 heavy (non-hydrogen) atoms. The molecule has 1 atom stereocenters. The van der Waals surface area contributed by atoms with Gasteiger partial charge in [-0.2, -0.15) is 0 Å². The summed E-state index contributed by atoms with van der Waals surface area (Å²) in [5.41, 5.74) is 4.15. The van der Waals surface area contributed by atoms with E-state index >= 15 is 0 Å². The number of hydrogen-bond donors (Lipinski definition) is 1. The summed E-state index contributed by atoms with van der Waals surface area (Å²) in [7, 11) is 0. The second-order valence-electron chi connectivity index (χ2n) is 5.20. The van der Waals surface area contributed by atoms with Gasteiger partial charge in [-0.1, -0.05) is 35.9 Å². The maximum atomic E-state index is 11.5. The Hall–Kier alpha value is -2.16. The third-order valence-corrected chi connectivity index (χ3v) is 3.51. The number of pyridine rings is 1. The lowest BCUT2D eigenvalue weighted by atomic mass is 9.93. The van der Waals surface area contributed by atoms with Crippen LogP contribution >= 0.6 is 0 Å². The Morgan fingerprint density at radius 1 is 1.15 bits per heavy atom. The molecule has 0 fully saturated rings. The van der Waals surface area contributed by atoms with Crippen LogP contribution in [0.3, 0.4) is 0 Å². The van der Waals surface area contributed by atoms with E-state index in [4.69, 9.17) is 0 Å². The average Bonchev–Trinajstić information content (AvgIpc) is 2.42. The van der Waals surface area contributed by atoms with E-state index in [2.05, 4.69) is 4.98 Å². The number of carboxylic acid groups (broad SMARTS) is 1. The van der Waals surface area contributed by atoms with E-state index in [0.29, 0.717) is 12.8 Å². The van der Waals surface area contributed by atoms with Crippen molar-refractivity contribution in [3.63, 3.8) is 0 Å². The Balaban J connectivity index is 2.14. The van der Waals surface area contributed by atoms with Crippen molar-refractivity contribution in [1.29, 1.82) is 0 Å². The van der Waals surface area contributed by atoms with Crippen molar-refractivity contribution in [2.75, 3.05) is 0 Å². The molecule has 0 bridgehead atoms. The van der Waals surface area contributed by atoms with Crippen LogP contribution in [-0.2, 0) is 17.6 Å². The van der Waals surface area contributed by atoms with Crippen molar-refractivity contribution in [2.24, 2.45) is 5.92 Å². The van der Waals surface area contributed by atoms with Gasteiger partial charge in [0.05, 0.1) is 5.92 Å². The quantitative estimate of drug-likeness (QED) is 0.907. The molecule has 2 aromatic rings. The summed E-state index contributed by atoms with van der Waals surface area (Å²) >= 11 is 0. The topological polar surface area (TPSA) is 50.2 Å². The summed E-state index contributed by atoms with van der Waals surface area (Å²) in [6, 6.07) is 11.9. The SMILES string of the molecule is Cc1ccc(CC(Cc2ncccc2C)C(=O)O)cc1. The van der Waals surface area contributed by atoms with Gasteiger partial charge in [0.25, 0.3) is 0 Å². The Bertz CT molecular complexity index is 590. The molecule has 0 spiro atoms. The predicted molar refractivity (Wildman–Crippen MR) is 78.7 cm³/mol. The van der Waals surface area contributed by atoms with Gasteiger partial charge in [0.1, 0.15) is 0 Å². The molecule has 0 aliphatic rings. The summed E-state index contributed by atoms with van der Waals surface area (Å²) in [5.74, 6) is -1.21. The molecular weight excluding hydrogens is 250 g/mol. The van der Waals surface area contributed by atoms with Gasteiger partial charge in [-0.05, 0) is 37.5 Å². The fraction of sp³-hybridized carbons (Fsp3) is 0.294. The van der Waals surface area contributed by atoms with Crippen LogP contribution in [0.5, 0.6) is 0 Å². The molecule has 0 amide bonds. The van der Waals surface area contributed by atoms with Crippen molar-refractivity contribution in [2.45, 2.75) is 26.7 Å². The fourth-order valence-corrected chi connectivity index (χ4v) is 2.22. The van der Waals surface area contributed by atoms with Crippen LogP contribution in [0.1, 0.15) is 22.4 Å². The van der Waals surface area contributed by atoms with E-state index in [1.807, 2.05) is 50.2 Å². The zero-order valence-corrected chi connectivity index (χ0v) is 11.8. The Morgan fingerprint density at radius 2 is 1.85 bits per heavy atom. The lowest BCUT2D eigenvalue weighted by Gasteiger charge is -2.13. The highest BCUT2D eigenvalue weighted by Crippen LogP contribution is 2.16. The molecule has 0 saturated heterocycles. The van der Waals surface area contributed by atoms with Gasteiger partial charge in [0.15, 0.2) is 0 Å². The summed E-state index contributed by atoms with van der Waals surface area (Å²) in [6.07, 6.45) is 2.72. The smallest absolute Gasteiger partial charge is 0.307 e. The van der Waals surface area contributed by atoms with E-state index in [9.17, 15) is 9.90 Å². The maximum absolute atomic E-state index is 11.5. The van der Waals surface area contributed by atoms with Crippen molar-refractivity contribution in [3.05, 3.63) is 65.0 Å². The minimum Gasteiger partial charge on any atom is -0.481 e. The van der Waals surface area contributed by atoms with Gasteiger partial charge < -0.3 is 5.11 Å². The van der Waals surface area contributed by atoms with E-state index in [-0.39, 0.29) is 0 Å². The lowest BCUT2D eigenvalue weighted by molar-refractivity contribution is -0.141. The van der Waals surface area contributed by atoms with Crippen molar-refractivity contribution in [3.8, 4) is 0 Å². The zero-order valence-electron chi connectivity index (χ0n) is 11.8. The van der Waals surface area contributed by atoms with Crippen LogP contribution in [-0.4, -0.2) is 16.1 Å². The molecule has 2 rings (SSSR count). The Morgan fingerprint density at radius 3 is 2.45 bits per heavy atom. The lowest BCUT2D eigenvalue weighted by Crippen LogP contribution is -2.20. The van der Waals surface area contributed by atoms with Crippen molar-refractivity contribution < 1.29 is 9.90 Å². The first-order valence-electron chi connectivity index (χ1n) is 6.75. The number of aryl methyl sites for hydroxylation is 2. The minimum absolute atomic E-state index is 0.439. The maximum Gasteiger partial charge on any atom is 0.307 e. The van der Waals surface area contributed by atoms with Crippen LogP contribution in [0.15, 0.2) is 42.6 Å². The predicted octanol–water partition coefficient (Wildman–Crippen LogP) is 3.18. The van der Waals surface area contributed by atoms with E-state index in [0.717, 1.165) is 16.8 Å².